The Morgan fingerprint density at radius 3 is 2.65 bits per heavy atom. The fourth-order valence-electron chi connectivity index (χ4n) is 2.31. The van der Waals surface area contributed by atoms with Crippen molar-refractivity contribution in [2.24, 2.45) is 0 Å². The van der Waals surface area contributed by atoms with E-state index in [1.165, 1.54) is 19.2 Å². The van der Waals surface area contributed by atoms with Crippen molar-refractivity contribution < 1.29 is 18.7 Å². The van der Waals surface area contributed by atoms with Crippen LogP contribution in [0.3, 0.4) is 0 Å². The van der Waals surface area contributed by atoms with Crippen molar-refractivity contribution in [3.8, 4) is 5.75 Å². The minimum absolute atomic E-state index is 0.0761. The molecule has 0 aromatic heterocycles. The van der Waals surface area contributed by atoms with Crippen LogP contribution >= 0.6 is 0 Å². The summed E-state index contributed by atoms with van der Waals surface area (Å²) >= 11 is 0. The summed E-state index contributed by atoms with van der Waals surface area (Å²) in [6.07, 6.45) is 1.94. The normalized spacial score (nSPS) is 21.4. The van der Waals surface area contributed by atoms with Crippen molar-refractivity contribution in [2.75, 3.05) is 7.11 Å². The standard InChI is InChI=1S/C15H20FNO3/c1-9(2)17-10-6-12(7-10)20-11-4-5-13(14(16)8-11)15(18)19-3/h4-5,8-10,12,17H,6-7H2,1-3H3/t10-,12-. The quantitative estimate of drug-likeness (QED) is 0.843. The van der Waals surface area contributed by atoms with Gasteiger partial charge in [0.15, 0.2) is 0 Å². The molecule has 1 aliphatic rings. The van der Waals surface area contributed by atoms with Crippen LogP contribution in [-0.2, 0) is 4.74 Å². The van der Waals surface area contributed by atoms with Gasteiger partial charge in [0.25, 0.3) is 0 Å². The lowest BCUT2D eigenvalue weighted by atomic mass is 9.88. The van der Waals surface area contributed by atoms with E-state index in [1.54, 1.807) is 6.07 Å². The van der Waals surface area contributed by atoms with Crippen LogP contribution in [0.25, 0.3) is 0 Å². The number of methoxy groups -OCH3 is 1. The summed E-state index contributed by atoms with van der Waals surface area (Å²) in [7, 11) is 1.22. The second kappa shape index (κ2) is 6.22. The molecule has 1 aromatic rings. The Kier molecular flexibility index (Phi) is 4.60. The molecule has 1 aromatic carbocycles. The van der Waals surface area contributed by atoms with Crippen molar-refractivity contribution in [2.45, 2.75) is 44.9 Å². The highest BCUT2D eigenvalue weighted by Crippen LogP contribution is 2.27. The SMILES string of the molecule is COC(=O)c1ccc(O[C@H]2C[C@H](NC(C)C)C2)cc1F. The van der Waals surface area contributed by atoms with E-state index in [4.69, 9.17) is 4.74 Å². The van der Waals surface area contributed by atoms with Gasteiger partial charge in [-0.3, -0.25) is 0 Å². The molecule has 0 spiro atoms. The van der Waals surface area contributed by atoms with Crippen molar-refractivity contribution in [3.63, 3.8) is 0 Å². The Morgan fingerprint density at radius 2 is 2.10 bits per heavy atom. The van der Waals surface area contributed by atoms with E-state index < -0.39 is 11.8 Å². The van der Waals surface area contributed by atoms with Crippen molar-refractivity contribution >= 4 is 5.97 Å². The maximum atomic E-state index is 13.7. The Labute approximate surface area is 118 Å². The first-order valence-electron chi connectivity index (χ1n) is 6.80. The maximum Gasteiger partial charge on any atom is 0.340 e. The first kappa shape index (κ1) is 14.8. The third-order valence-electron chi connectivity index (χ3n) is 3.31. The van der Waals surface area contributed by atoms with E-state index in [9.17, 15) is 9.18 Å². The molecule has 0 unspecified atom stereocenters. The number of esters is 1. The van der Waals surface area contributed by atoms with Gasteiger partial charge in [-0.15, -0.1) is 0 Å². The number of halogens is 1. The molecule has 0 amide bonds. The first-order valence-corrected chi connectivity index (χ1v) is 6.80. The topological polar surface area (TPSA) is 47.6 Å². The van der Waals surface area contributed by atoms with Crippen LogP contribution in [0, 0.1) is 5.82 Å². The predicted octanol–water partition coefficient (Wildman–Crippen LogP) is 2.52. The lowest BCUT2D eigenvalue weighted by Crippen LogP contribution is -2.49. The summed E-state index contributed by atoms with van der Waals surface area (Å²) in [6.45, 7) is 4.21. The number of hydrogen-bond donors (Lipinski definition) is 1. The van der Waals surface area contributed by atoms with Gasteiger partial charge >= 0.3 is 5.97 Å². The number of rotatable bonds is 5. The number of hydrogen-bond acceptors (Lipinski definition) is 4. The number of nitrogens with one attached hydrogen (secondary N) is 1. The zero-order valence-corrected chi connectivity index (χ0v) is 12.0. The van der Waals surface area contributed by atoms with Gasteiger partial charge in [-0.25, -0.2) is 9.18 Å². The van der Waals surface area contributed by atoms with E-state index in [0.717, 1.165) is 12.8 Å². The highest BCUT2D eigenvalue weighted by molar-refractivity contribution is 5.89. The summed E-state index contributed by atoms with van der Waals surface area (Å²) in [6, 6.07) is 5.14. The molecular weight excluding hydrogens is 261 g/mol. The Hall–Kier alpha value is -1.62. The zero-order valence-electron chi connectivity index (χ0n) is 12.0. The number of benzene rings is 1. The summed E-state index contributed by atoms with van der Waals surface area (Å²) in [4.78, 5) is 11.3. The van der Waals surface area contributed by atoms with Crippen LogP contribution in [0.2, 0.25) is 0 Å². The molecule has 0 aliphatic heterocycles. The lowest BCUT2D eigenvalue weighted by molar-refractivity contribution is 0.0595. The Balaban J connectivity index is 1.89. The van der Waals surface area contributed by atoms with Gasteiger partial charge in [-0.05, 0) is 25.0 Å². The average Bonchev–Trinajstić information content (AvgIpc) is 2.35. The monoisotopic (exact) mass is 281 g/mol. The van der Waals surface area contributed by atoms with Gasteiger partial charge in [0.05, 0.1) is 12.7 Å². The molecule has 0 heterocycles. The molecule has 1 N–H and O–H groups in total. The van der Waals surface area contributed by atoms with Crippen LogP contribution in [0.4, 0.5) is 4.39 Å². The predicted molar refractivity (Wildman–Crippen MR) is 73.4 cm³/mol. The van der Waals surface area contributed by atoms with Gasteiger partial charge in [-0.1, -0.05) is 13.8 Å². The van der Waals surface area contributed by atoms with Crippen LogP contribution in [0.15, 0.2) is 18.2 Å². The summed E-state index contributed by atoms with van der Waals surface area (Å²) in [5.41, 5.74) is -0.0761. The lowest BCUT2D eigenvalue weighted by Gasteiger charge is -2.37. The van der Waals surface area contributed by atoms with Crippen molar-refractivity contribution in [1.29, 1.82) is 0 Å². The minimum Gasteiger partial charge on any atom is -0.490 e. The highest BCUT2D eigenvalue weighted by atomic mass is 19.1. The smallest absolute Gasteiger partial charge is 0.340 e. The fraction of sp³-hybridized carbons (Fsp3) is 0.533. The Bertz CT molecular complexity index is 484. The molecule has 5 heteroatoms. The largest absolute Gasteiger partial charge is 0.490 e. The van der Waals surface area contributed by atoms with E-state index >= 15 is 0 Å². The van der Waals surface area contributed by atoms with Gasteiger partial charge in [0, 0.05) is 18.2 Å². The fourth-order valence-corrected chi connectivity index (χ4v) is 2.31. The minimum atomic E-state index is -0.682. The van der Waals surface area contributed by atoms with Crippen molar-refractivity contribution in [1.82, 2.24) is 5.32 Å². The first-order chi connectivity index (χ1) is 9.49. The molecule has 20 heavy (non-hydrogen) atoms. The molecule has 1 aliphatic carbocycles. The molecule has 0 saturated heterocycles. The van der Waals surface area contributed by atoms with Crippen LogP contribution in [0.5, 0.6) is 5.75 Å². The molecule has 0 radical (unpaired) electrons. The highest BCUT2D eigenvalue weighted by Gasteiger charge is 2.31. The molecule has 4 nitrogen and oxygen atoms in total. The van der Waals surface area contributed by atoms with E-state index in [0.29, 0.717) is 17.8 Å². The van der Waals surface area contributed by atoms with Crippen LogP contribution in [0.1, 0.15) is 37.0 Å². The van der Waals surface area contributed by atoms with Crippen LogP contribution in [-0.4, -0.2) is 31.3 Å². The van der Waals surface area contributed by atoms with Gasteiger partial charge in [-0.2, -0.15) is 0 Å². The van der Waals surface area contributed by atoms with Gasteiger partial charge in [0.1, 0.15) is 17.7 Å². The molecule has 110 valence electrons. The summed E-state index contributed by atoms with van der Waals surface area (Å²) in [5, 5.41) is 3.42. The number of ether oxygens (including phenoxy) is 2. The third kappa shape index (κ3) is 3.48. The third-order valence-corrected chi connectivity index (χ3v) is 3.31. The van der Waals surface area contributed by atoms with Gasteiger partial charge in [0.2, 0.25) is 0 Å². The molecule has 0 bridgehead atoms. The zero-order chi connectivity index (χ0) is 14.7. The average molecular weight is 281 g/mol. The van der Waals surface area contributed by atoms with E-state index in [1.807, 2.05) is 0 Å². The van der Waals surface area contributed by atoms with Crippen molar-refractivity contribution in [3.05, 3.63) is 29.6 Å². The second-order valence-corrected chi connectivity index (χ2v) is 5.36. The summed E-state index contributed by atoms with van der Waals surface area (Å²) < 4.78 is 23.9. The molecule has 0 atom stereocenters. The number of carbonyl (C=O) groups is 1. The summed E-state index contributed by atoms with van der Waals surface area (Å²) in [5.74, 6) is -0.854. The second-order valence-electron chi connectivity index (χ2n) is 5.36. The molecular formula is C15H20FNO3. The molecule has 1 fully saturated rings. The van der Waals surface area contributed by atoms with E-state index in [-0.39, 0.29) is 11.7 Å². The van der Waals surface area contributed by atoms with Crippen LogP contribution < -0.4 is 10.1 Å². The Morgan fingerprint density at radius 1 is 1.40 bits per heavy atom. The molecule has 2 rings (SSSR count). The number of carbonyl (C=O) groups excluding carboxylic acids is 1. The molecule has 1 saturated carbocycles. The van der Waals surface area contributed by atoms with E-state index in [2.05, 4.69) is 23.9 Å². The van der Waals surface area contributed by atoms with Gasteiger partial charge < -0.3 is 14.8 Å². The maximum absolute atomic E-state index is 13.7.